The molecule has 0 saturated heterocycles. The molecule has 0 amide bonds. The minimum atomic E-state index is 0.731. The zero-order chi connectivity index (χ0) is 21.7. The fourth-order valence-electron chi connectivity index (χ4n) is 4.04. The number of ether oxygens (including phenoxy) is 1. The van der Waals surface area contributed by atoms with Gasteiger partial charge < -0.3 is 9.72 Å². The molecule has 5 aromatic heterocycles. The van der Waals surface area contributed by atoms with Crippen molar-refractivity contribution in [3.8, 4) is 38.7 Å². The zero-order valence-electron chi connectivity index (χ0n) is 17.5. The summed E-state index contributed by atoms with van der Waals surface area (Å²) in [7, 11) is 1.65. The molecule has 6 rings (SSSR count). The van der Waals surface area contributed by atoms with Gasteiger partial charge in [0.2, 0.25) is 0 Å². The van der Waals surface area contributed by atoms with E-state index in [4.69, 9.17) is 4.74 Å². The maximum absolute atomic E-state index is 5.33. The molecule has 32 heavy (non-hydrogen) atoms. The summed E-state index contributed by atoms with van der Waals surface area (Å²) in [5.74, 6) is 0.731. The van der Waals surface area contributed by atoms with Crippen molar-refractivity contribution in [2.24, 2.45) is 0 Å². The number of aryl methyl sites for hydroxylation is 1. The van der Waals surface area contributed by atoms with Crippen molar-refractivity contribution >= 4 is 33.1 Å². The van der Waals surface area contributed by atoms with Crippen LogP contribution in [0.4, 0.5) is 0 Å². The molecule has 0 radical (unpaired) electrons. The Morgan fingerprint density at radius 1 is 0.844 bits per heavy atom. The number of benzene rings is 1. The van der Waals surface area contributed by atoms with Crippen LogP contribution in [0.2, 0.25) is 0 Å². The summed E-state index contributed by atoms with van der Waals surface area (Å²) in [4.78, 5) is 14.8. The van der Waals surface area contributed by atoms with E-state index in [0.717, 1.165) is 55.6 Å². The minimum absolute atomic E-state index is 0.731. The van der Waals surface area contributed by atoms with Crippen molar-refractivity contribution in [1.82, 2.24) is 25.1 Å². The van der Waals surface area contributed by atoms with Gasteiger partial charge in [-0.2, -0.15) is 5.10 Å². The number of aromatic nitrogens is 5. The van der Waals surface area contributed by atoms with Gasteiger partial charge in [0.1, 0.15) is 11.4 Å². The number of H-pyrrole nitrogens is 2. The first-order valence-corrected chi connectivity index (χ1v) is 11.0. The minimum Gasteiger partial charge on any atom is -0.495 e. The van der Waals surface area contributed by atoms with Crippen LogP contribution in [0.1, 0.15) is 4.88 Å². The highest BCUT2D eigenvalue weighted by molar-refractivity contribution is 7.15. The summed E-state index contributed by atoms with van der Waals surface area (Å²) in [6, 6.07) is 14.7. The Balaban J connectivity index is 1.49. The van der Waals surface area contributed by atoms with Crippen LogP contribution >= 0.6 is 11.3 Å². The molecule has 0 aliphatic heterocycles. The lowest BCUT2D eigenvalue weighted by Crippen LogP contribution is -1.86. The Labute approximate surface area is 187 Å². The summed E-state index contributed by atoms with van der Waals surface area (Å²) in [6.45, 7) is 2.12. The molecule has 0 fully saturated rings. The van der Waals surface area contributed by atoms with Gasteiger partial charge in [-0.25, -0.2) is 0 Å². The highest BCUT2D eigenvalue weighted by Crippen LogP contribution is 2.37. The second-order valence-corrected chi connectivity index (χ2v) is 8.98. The third kappa shape index (κ3) is 3.06. The average Bonchev–Trinajstić information content (AvgIpc) is 3.55. The molecule has 0 unspecified atom stereocenters. The van der Waals surface area contributed by atoms with Gasteiger partial charge in [0.05, 0.1) is 36.2 Å². The lowest BCUT2D eigenvalue weighted by molar-refractivity contribution is 0.413. The lowest BCUT2D eigenvalue weighted by Gasteiger charge is -2.04. The summed E-state index contributed by atoms with van der Waals surface area (Å²) >= 11 is 1.78. The number of hydrogen-bond acceptors (Lipinski definition) is 5. The fraction of sp³-hybridized carbons (Fsp3) is 0.0800. The standard InChI is InChI=1S/C25H19N5OS/c1-14-3-6-24(32-14)20-12-27-13-23-18(20)9-22(28-23)25-19-8-15(4-5-21(19)29-30-25)16-7-17(31-2)11-26-10-16/h3-13,28H,1-2H3,(H,29,30). The third-order valence-corrected chi connectivity index (χ3v) is 6.69. The number of nitrogens with zero attached hydrogens (tertiary/aromatic N) is 3. The SMILES string of the molecule is COc1cncc(-c2ccc3[nH]nc(-c4cc5c(-c6ccc(C)s6)cncc5[nH]4)c3c2)c1. The van der Waals surface area contributed by atoms with E-state index in [1.807, 2.05) is 30.7 Å². The van der Waals surface area contributed by atoms with Gasteiger partial charge in [0.15, 0.2) is 0 Å². The molecule has 6 nitrogen and oxygen atoms in total. The predicted molar refractivity (Wildman–Crippen MR) is 129 cm³/mol. The smallest absolute Gasteiger partial charge is 0.137 e. The van der Waals surface area contributed by atoms with E-state index >= 15 is 0 Å². The number of thiophene rings is 1. The number of pyridine rings is 2. The molecule has 6 aromatic rings. The van der Waals surface area contributed by atoms with Crippen molar-refractivity contribution in [3.05, 3.63) is 72.1 Å². The van der Waals surface area contributed by atoms with E-state index in [-0.39, 0.29) is 0 Å². The van der Waals surface area contributed by atoms with E-state index in [0.29, 0.717) is 0 Å². The average molecular weight is 438 g/mol. The first kappa shape index (κ1) is 18.8. The fourth-order valence-corrected chi connectivity index (χ4v) is 4.93. The van der Waals surface area contributed by atoms with Gasteiger partial charge in [-0.3, -0.25) is 15.1 Å². The molecule has 156 valence electrons. The van der Waals surface area contributed by atoms with E-state index < -0.39 is 0 Å². The van der Waals surface area contributed by atoms with Gasteiger partial charge in [0, 0.05) is 44.0 Å². The second-order valence-electron chi connectivity index (χ2n) is 7.69. The van der Waals surface area contributed by atoms with Crippen molar-refractivity contribution in [3.63, 3.8) is 0 Å². The summed E-state index contributed by atoms with van der Waals surface area (Å²) in [5, 5.41) is 9.96. The molecule has 0 bridgehead atoms. The topological polar surface area (TPSA) is 79.5 Å². The Morgan fingerprint density at radius 2 is 1.75 bits per heavy atom. The van der Waals surface area contributed by atoms with Crippen molar-refractivity contribution < 1.29 is 4.74 Å². The number of fused-ring (bicyclic) bond motifs is 2. The van der Waals surface area contributed by atoms with Crippen molar-refractivity contribution in [2.45, 2.75) is 6.92 Å². The van der Waals surface area contributed by atoms with Crippen LogP contribution in [0, 0.1) is 6.92 Å². The maximum atomic E-state index is 5.33. The first-order valence-electron chi connectivity index (χ1n) is 10.2. The monoisotopic (exact) mass is 437 g/mol. The molecule has 2 N–H and O–H groups in total. The molecule has 0 aliphatic carbocycles. The molecule has 0 spiro atoms. The Bertz CT molecular complexity index is 1590. The normalized spacial score (nSPS) is 11.4. The highest BCUT2D eigenvalue weighted by Gasteiger charge is 2.15. The second kappa shape index (κ2) is 7.32. The van der Waals surface area contributed by atoms with Crippen LogP contribution in [-0.2, 0) is 0 Å². The highest BCUT2D eigenvalue weighted by atomic mass is 32.1. The molecular formula is C25H19N5OS. The van der Waals surface area contributed by atoms with E-state index in [1.165, 1.54) is 9.75 Å². The zero-order valence-corrected chi connectivity index (χ0v) is 18.3. The van der Waals surface area contributed by atoms with Gasteiger partial charge >= 0.3 is 0 Å². The number of hydrogen-bond donors (Lipinski definition) is 2. The largest absolute Gasteiger partial charge is 0.495 e. The van der Waals surface area contributed by atoms with Crippen molar-refractivity contribution in [1.29, 1.82) is 0 Å². The Kier molecular flexibility index (Phi) is 4.29. The third-order valence-electron chi connectivity index (χ3n) is 5.65. The molecule has 0 saturated carbocycles. The van der Waals surface area contributed by atoms with Gasteiger partial charge in [0.25, 0.3) is 0 Å². The number of rotatable bonds is 4. The Morgan fingerprint density at radius 3 is 2.59 bits per heavy atom. The quantitative estimate of drug-likeness (QED) is 0.343. The summed E-state index contributed by atoms with van der Waals surface area (Å²) < 4.78 is 5.33. The summed E-state index contributed by atoms with van der Waals surface area (Å²) in [6.07, 6.45) is 7.34. The molecule has 0 atom stereocenters. The maximum Gasteiger partial charge on any atom is 0.137 e. The predicted octanol–water partition coefficient (Wildman–Crippen LogP) is 6.21. The first-order chi connectivity index (χ1) is 15.7. The lowest BCUT2D eigenvalue weighted by atomic mass is 10.0. The van der Waals surface area contributed by atoms with E-state index in [9.17, 15) is 0 Å². The van der Waals surface area contributed by atoms with Gasteiger partial charge in [-0.15, -0.1) is 11.3 Å². The number of nitrogens with one attached hydrogen (secondary N) is 2. The molecular weight excluding hydrogens is 418 g/mol. The summed E-state index contributed by atoms with van der Waals surface area (Å²) in [5.41, 5.74) is 6.98. The molecule has 0 aliphatic rings. The van der Waals surface area contributed by atoms with Gasteiger partial charge in [-0.05, 0) is 48.9 Å². The van der Waals surface area contributed by atoms with Crippen LogP contribution < -0.4 is 4.74 Å². The molecule has 5 heterocycles. The molecule has 7 heteroatoms. The van der Waals surface area contributed by atoms with Crippen molar-refractivity contribution in [2.75, 3.05) is 7.11 Å². The van der Waals surface area contributed by atoms with Crippen LogP contribution in [-0.4, -0.2) is 32.3 Å². The van der Waals surface area contributed by atoms with E-state index in [2.05, 4.69) is 62.4 Å². The number of methoxy groups -OCH3 is 1. The molecule has 1 aromatic carbocycles. The Hall–Kier alpha value is -3.97. The van der Waals surface area contributed by atoms with Crippen LogP contribution in [0.15, 0.2) is 67.3 Å². The van der Waals surface area contributed by atoms with Crippen LogP contribution in [0.3, 0.4) is 0 Å². The van der Waals surface area contributed by atoms with E-state index in [1.54, 1.807) is 24.6 Å². The van der Waals surface area contributed by atoms with Crippen LogP contribution in [0.5, 0.6) is 5.75 Å². The van der Waals surface area contributed by atoms with Gasteiger partial charge in [-0.1, -0.05) is 6.07 Å². The number of aromatic amines is 2. The van der Waals surface area contributed by atoms with Crippen LogP contribution in [0.25, 0.3) is 54.8 Å².